The van der Waals surface area contributed by atoms with Crippen molar-refractivity contribution in [3.8, 4) is 34.1 Å². The number of benzene rings is 4. The van der Waals surface area contributed by atoms with Crippen molar-refractivity contribution in [2.24, 2.45) is 0 Å². The van der Waals surface area contributed by atoms with E-state index in [2.05, 4.69) is 0 Å². The van der Waals surface area contributed by atoms with Gasteiger partial charge in [-0.1, -0.05) is 24.3 Å². The van der Waals surface area contributed by atoms with Crippen LogP contribution < -0.4 is 4.74 Å². The number of hydrogen-bond acceptors (Lipinski definition) is 7. The molecule has 0 saturated carbocycles. The third-order valence-electron chi connectivity index (χ3n) is 6.63. The Morgan fingerprint density at radius 2 is 1.38 bits per heavy atom. The van der Waals surface area contributed by atoms with E-state index in [4.69, 9.17) is 9.47 Å². The summed E-state index contributed by atoms with van der Waals surface area (Å²) in [5, 5.41) is 20.3. The number of fused-ring (bicyclic) bond motifs is 10. The molecule has 0 atom stereocenters. The lowest BCUT2D eigenvalue weighted by Crippen LogP contribution is -2.28. The summed E-state index contributed by atoms with van der Waals surface area (Å²) in [4.78, 5) is 13.1. The highest BCUT2D eigenvalue weighted by atomic mass is 32.2. The SMILES string of the molecule is O=C1OC2(c3ccc(O)cc3-c3cc(O)ccc32)c2c1ccc1c2Oc2ccccc2S1(=O)=O. The zero-order valence-corrected chi connectivity index (χ0v) is 18.1. The van der Waals surface area contributed by atoms with Crippen molar-refractivity contribution < 1.29 is 32.9 Å². The summed E-state index contributed by atoms with van der Waals surface area (Å²) in [6, 6.07) is 18.4. The summed E-state index contributed by atoms with van der Waals surface area (Å²) < 4.78 is 39.2. The Morgan fingerprint density at radius 3 is 2.06 bits per heavy atom. The first-order valence-electron chi connectivity index (χ1n) is 10.4. The maximum absolute atomic E-state index is 13.5. The van der Waals surface area contributed by atoms with E-state index in [0.717, 1.165) is 0 Å². The predicted molar refractivity (Wildman–Crippen MR) is 119 cm³/mol. The van der Waals surface area contributed by atoms with Crippen LogP contribution in [0.15, 0.2) is 82.6 Å². The van der Waals surface area contributed by atoms with E-state index in [-0.39, 0.29) is 43.9 Å². The number of aromatic hydroxyl groups is 2. The Hall–Kier alpha value is -4.30. The minimum Gasteiger partial charge on any atom is -0.508 e. The van der Waals surface area contributed by atoms with E-state index < -0.39 is 21.4 Å². The number of hydrogen-bond donors (Lipinski definition) is 2. The molecule has 34 heavy (non-hydrogen) atoms. The topological polar surface area (TPSA) is 110 Å². The molecule has 7 nitrogen and oxygen atoms in total. The minimum atomic E-state index is -3.93. The first kappa shape index (κ1) is 19.2. The standard InChI is InChI=1S/C26H14O7S/c27-13-5-8-18-16(11-13)17-12-14(28)6-9-19(17)26(18)23-15(25(29)33-26)7-10-22-24(23)32-20-3-1-2-4-21(20)34(22,30)31/h1-12,27-28H. The van der Waals surface area contributed by atoms with Crippen molar-refractivity contribution in [3.05, 3.63) is 95.1 Å². The number of para-hydroxylation sites is 1. The predicted octanol–water partition coefficient (Wildman–Crippen LogP) is 4.48. The molecule has 0 unspecified atom stereocenters. The molecule has 4 aromatic rings. The molecule has 0 saturated heterocycles. The van der Waals surface area contributed by atoms with Gasteiger partial charge in [0.15, 0.2) is 11.4 Å². The molecule has 8 heteroatoms. The van der Waals surface area contributed by atoms with Crippen LogP contribution in [0.2, 0.25) is 0 Å². The van der Waals surface area contributed by atoms with Crippen LogP contribution in [0.5, 0.6) is 23.0 Å². The van der Waals surface area contributed by atoms with Crippen molar-refractivity contribution >= 4 is 15.8 Å². The number of esters is 1. The van der Waals surface area contributed by atoms with Crippen LogP contribution in [-0.2, 0) is 20.2 Å². The first-order valence-corrected chi connectivity index (χ1v) is 11.9. The molecule has 1 spiro atoms. The number of phenols is 2. The maximum Gasteiger partial charge on any atom is 0.340 e. The lowest BCUT2D eigenvalue weighted by molar-refractivity contribution is 0.0261. The number of rotatable bonds is 0. The first-order chi connectivity index (χ1) is 16.3. The third-order valence-corrected chi connectivity index (χ3v) is 8.45. The highest BCUT2D eigenvalue weighted by molar-refractivity contribution is 7.91. The molecule has 0 amide bonds. The van der Waals surface area contributed by atoms with Gasteiger partial charge in [0.1, 0.15) is 27.0 Å². The Kier molecular flexibility index (Phi) is 3.37. The van der Waals surface area contributed by atoms with Gasteiger partial charge in [-0.2, -0.15) is 0 Å². The molecule has 0 aromatic heterocycles. The van der Waals surface area contributed by atoms with Crippen LogP contribution in [0.3, 0.4) is 0 Å². The molecule has 2 N–H and O–H groups in total. The molecule has 166 valence electrons. The lowest BCUT2D eigenvalue weighted by atomic mass is 9.83. The Balaban J connectivity index is 1.63. The molecular formula is C26H14O7S. The second-order valence-corrected chi connectivity index (χ2v) is 10.3. The van der Waals surface area contributed by atoms with Gasteiger partial charge in [0, 0.05) is 11.1 Å². The van der Waals surface area contributed by atoms with Crippen LogP contribution >= 0.6 is 0 Å². The Labute approximate surface area is 193 Å². The summed E-state index contributed by atoms with van der Waals surface area (Å²) >= 11 is 0. The molecule has 0 fully saturated rings. The van der Waals surface area contributed by atoms with Gasteiger partial charge in [0.2, 0.25) is 9.84 Å². The smallest absolute Gasteiger partial charge is 0.340 e. The van der Waals surface area contributed by atoms with E-state index in [9.17, 15) is 23.4 Å². The molecule has 2 heterocycles. The van der Waals surface area contributed by atoms with Gasteiger partial charge >= 0.3 is 5.97 Å². The van der Waals surface area contributed by atoms with Gasteiger partial charge < -0.3 is 19.7 Å². The van der Waals surface area contributed by atoms with Crippen LogP contribution in [0, 0.1) is 0 Å². The van der Waals surface area contributed by atoms with E-state index in [0.29, 0.717) is 22.3 Å². The fourth-order valence-electron chi connectivity index (χ4n) is 5.27. The molecule has 7 rings (SSSR count). The summed E-state index contributed by atoms with van der Waals surface area (Å²) in [6.45, 7) is 0. The largest absolute Gasteiger partial charge is 0.508 e. The number of carbonyl (C=O) groups is 1. The zero-order valence-electron chi connectivity index (χ0n) is 17.3. The highest BCUT2D eigenvalue weighted by Crippen LogP contribution is 2.61. The van der Waals surface area contributed by atoms with Gasteiger partial charge in [-0.15, -0.1) is 0 Å². The molecule has 3 aliphatic rings. The molecule has 2 aliphatic heterocycles. The van der Waals surface area contributed by atoms with Gasteiger partial charge in [0.05, 0.1) is 11.1 Å². The fourth-order valence-corrected chi connectivity index (χ4v) is 6.78. The molecule has 0 bridgehead atoms. The Bertz CT molecular complexity index is 1670. The third kappa shape index (κ3) is 2.11. The van der Waals surface area contributed by atoms with Crippen LogP contribution in [-0.4, -0.2) is 24.6 Å². The van der Waals surface area contributed by atoms with E-state index in [1.165, 1.54) is 42.5 Å². The van der Waals surface area contributed by atoms with E-state index in [1.54, 1.807) is 30.3 Å². The summed E-state index contributed by atoms with van der Waals surface area (Å²) in [5.41, 5.74) is 1.15. The normalized spacial score (nSPS) is 17.1. The quantitative estimate of drug-likeness (QED) is 0.321. The number of ether oxygens (including phenoxy) is 2. The van der Waals surface area contributed by atoms with Crippen molar-refractivity contribution in [1.29, 1.82) is 0 Å². The monoisotopic (exact) mass is 470 g/mol. The second kappa shape index (κ2) is 5.98. The molecule has 4 aromatic carbocycles. The summed E-state index contributed by atoms with van der Waals surface area (Å²) in [7, 11) is -3.93. The average molecular weight is 470 g/mol. The van der Waals surface area contributed by atoms with Crippen molar-refractivity contribution in [2.45, 2.75) is 15.4 Å². The van der Waals surface area contributed by atoms with Crippen LogP contribution in [0.25, 0.3) is 11.1 Å². The summed E-state index contributed by atoms with van der Waals surface area (Å²) in [6.07, 6.45) is 0. The Morgan fingerprint density at radius 1 is 0.735 bits per heavy atom. The van der Waals surface area contributed by atoms with E-state index >= 15 is 0 Å². The van der Waals surface area contributed by atoms with Gasteiger partial charge in [0.25, 0.3) is 0 Å². The van der Waals surface area contributed by atoms with Crippen molar-refractivity contribution in [1.82, 2.24) is 0 Å². The second-order valence-electron chi connectivity index (χ2n) is 8.40. The van der Waals surface area contributed by atoms with Crippen LogP contribution in [0.1, 0.15) is 27.0 Å². The van der Waals surface area contributed by atoms with Gasteiger partial charge in [-0.25, -0.2) is 13.2 Å². The molecule has 1 aliphatic carbocycles. The zero-order chi connectivity index (χ0) is 23.4. The minimum absolute atomic E-state index is 0.00233. The number of carbonyl (C=O) groups excluding carboxylic acids is 1. The summed E-state index contributed by atoms with van der Waals surface area (Å²) in [5.74, 6) is -0.442. The lowest BCUT2D eigenvalue weighted by Gasteiger charge is -2.30. The van der Waals surface area contributed by atoms with Crippen LogP contribution in [0.4, 0.5) is 0 Å². The van der Waals surface area contributed by atoms with Crippen molar-refractivity contribution in [2.75, 3.05) is 0 Å². The molecule has 0 radical (unpaired) electrons. The average Bonchev–Trinajstić information content (AvgIpc) is 3.25. The number of phenolic OH excluding ortho intramolecular Hbond substituents is 2. The number of sulfone groups is 1. The van der Waals surface area contributed by atoms with Crippen molar-refractivity contribution in [3.63, 3.8) is 0 Å². The highest BCUT2D eigenvalue weighted by Gasteiger charge is 2.57. The van der Waals surface area contributed by atoms with Gasteiger partial charge in [-0.05, 0) is 59.7 Å². The van der Waals surface area contributed by atoms with E-state index in [1.807, 2.05) is 0 Å². The molecular weight excluding hydrogens is 456 g/mol. The maximum atomic E-state index is 13.5. The fraction of sp³-hybridized carbons (Fsp3) is 0.0385. The van der Waals surface area contributed by atoms with Gasteiger partial charge in [-0.3, -0.25) is 0 Å².